The van der Waals surface area contributed by atoms with Gasteiger partial charge in [0, 0.05) is 12.1 Å². The zero-order valence-corrected chi connectivity index (χ0v) is 20.2. The van der Waals surface area contributed by atoms with Crippen molar-refractivity contribution in [2.75, 3.05) is 20.3 Å². The van der Waals surface area contributed by atoms with Crippen LogP contribution in [0.4, 0.5) is 0 Å². The molecule has 2 aromatic rings. The molecule has 32 heavy (non-hydrogen) atoms. The Morgan fingerprint density at radius 2 is 1.88 bits per heavy atom. The molecule has 6 nitrogen and oxygen atoms in total. The molecule has 0 heterocycles. The summed E-state index contributed by atoms with van der Waals surface area (Å²) in [5.74, 6) is 2.34. The van der Waals surface area contributed by atoms with Crippen molar-refractivity contribution < 1.29 is 19.0 Å². The Bertz CT molecular complexity index is 886. The second-order valence-corrected chi connectivity index (χ2v) is 8.29. The van der Waals surface area contributed by atoms with Crippen LogP contribution in [-0.4, -0.2) is 31.3 Å². The standard InChI is InChI=1S/C25H34N2O4S/c1-5-6-13-31-22-11-10-19(15-23(22)29-4)17-26-25(32)27-24(28)20-8-7-9-21(16-20)30-14-12-18(2)3/h7-11,15-16,18H,5-6,12-14,17H2,1-4H3,(H2,26,27,28,32). The topological polar surface area (TPSA) is 68.8 Å². The molecule has 0 saturated carbocycles. The zero-order chi connectivity index (χ0) is 23.3. The molecule has 174 valence electrons. The van der Waals surface area contributed by atoms with Crippen molar-refractivity contribution in [1.82, 2.24) is 10.6 Å². The van der Waals surface area contributed by atoms with Gasteiger partial charge in [-0.25, -0.2) is 0 Å². The van der Waals surface area contributed by atoms with E-state index in [4.69, 9.17) is 26.4 Å². The van der Waals surface area contributed by atoms with Crippen LogP contribution >= 0.6 is 12.2 Å². The lowest BCUT2D eigenvalue weighted by Crippen LogP contribution is -2.38. The zero-order valence-electron chi connectivity index (χ0n) is 19.4. The van der Waals surface area contributed by atoms with E-state index in [1.165, 1.54) is 0 Å². The summed E-state index contributed by atoms with van der Waals surface area (Å²) in [6.07, 6.45) is 3.03. The summed E-state index contributed by atoms with van der Waals surface area (Å²) in [6, 6.07) is 12.8. The summed E-state index contributed by atoms with van der Waals surface area (Å²) in [5, 5.41) is 6.02. The number of methoxy groups -OCH3 is 1. The van der Waals surface area contributed by atoms with E-state index >= 15 is 0 Å². The maximum Gasteiger partial charge on any atom is 0.257 e. The minimum absolute atomic E-state index is 0.253. The SMILES string of the molecule is CCCCOc1ccc(CNC(=S)NC(=O)c2cccc(OCCC(C)C)c2)cc1OC. The van der Waals surface area contributed by atoms with E-state index in [2.05, 4.69) is 31.4 Å². The third-order valence-electron chi connectivity index (χ3n) is 4.72. The summed E-state index contributed by atoms with van der Waals surface area (Å²) >= 11 is 5.29. The molecule has 2 aromatic carbocycles. The number of nitrogens with one attached hydrogen (secondary N) is 2. The Hall–Kier alpha value is -2.80. The first-order chi connectivity index (χ1) is 15.4. The first kappa shape index (κ1) is 25.5. The summed E-state index contributed by atoms with van der Waals surface area (Å²) in [6.45, 7) is 8.14. The van der Waals surface area contributed by atoms with Crippen LogP contribution in [0, 0.1) is 5.92 Å². The monoisotopic (exact) mass is 458 g/mol. The molecular formula is C25H34N2O4S. The van der Waals surface area contributed by atoms with Gasteiger partial charge in [-0.1, -0.05) is 39.3 Å². The number of thiocarbonyl (C=S) groups is 1. The van der Waals surface area contributed by atoms with Crippen LogP contribution in [-0.2, 0) is 6.54 Å². The Kier molecular flexibility index (Phi) is 10.8. The molecule has 0 spiro atoms. The lowest BCUT2D eigenvalue weighted by molar-refractivity contribution is 0.0976. The normalized spacial score (nSPS) is 10.5. The fourth-order valence-electron chi connectivity index (χ4n) is 2.81. The van der Waals surface area contributed by atoms with Gasteiger partial charge >= 0.3 is 0 Å². The van der Waals surface area contributed by atoms with Gasteiger partial charge in [0.05, 0.1) is 20.3 Å². The third-order valence-corrected chi connectivity index (χ3v) is 4.97. The van der Waals surface area contributed by atoms with Crippen LogP contribution in [0.3, 0.4) is 0 Å². The van der Waals surface area contributed by atoms with Crippen LogP contribution in [0.1, 0.15) is 56.0 Å². The maximum absolute atomic E-state index is 12.5. The van der Waals surface area contributed by atoms with E-state index in [9.17, 15) is 4.79 Å². The van der Waals surface area contributed by atoms with Crippen molar-refractivity contribution in [3.05, 3.63) is 53.6 Å². The lowest BCUT2D eigenvalue weighted by Gasteiger charge is -2.14. The molecular weight excluding hydrogens is 424 g/mol. The van der Waals surface area contributed by atoms with Gasteiger partial charge in [-0.05, 0) is 66.9 Å². The number of rotatable bonds is 12. The van der Waals surface area contributed by atoms with Crippen LogP contribution in [0.25, 0.3) is 0 Å². The summed E-state index contributed by atoms with van der Waals surface area (Å²) in [7, 11) is 1.62. The molecule has 0 aliphatic rings. The van der Waals surface area contributed by atoms with E-state index < -0.39 is 0 Å². The Morgan fingerprint density at radius 3 is 2.59 bits per heavy atom. The summed E-state index contributed by atoms with van der Waals surface area (Å²) in [4.78, 5) is 12.5. The third kappa shape index (κ3) is 8.75. The Balaban J connectivity index is 1.86. The van der Waals surface area contributed by atoms with Gasteiger partial charge in [0.25, 0.3) is 5.91 Å². The Morgan fingerprint density at radius 1 is 1.06 bits per heavy atom. The lowest BCUT2D eigenvalue weighted by atomic mass is 10.1. The fraction of sp³-hybridized carbons (Fsp3) is 0.440. The molecule has 2 N–H and O–H groups in total. The second kappa shape index (κ2) is 13.6. The molecule has 1 amide bonds. The van der Waals surface area contributed by atoms with E-state index in [1.54, 1.807) is 25.3 Å². The van der Waals surface area contributed by atoms with Crippen LogP contribution in [0.15, 0.2) is 42.5 Å². The Labute approximate surface area is 196 Å². The number of carbonyl (C=O) groups excluding carboxylic acids is 1. The van der Waals surface area contributed by atoms with Crippen LogP contribution in [0.2, 0.25) is 0 Å². The van der Waals surface area contributed by atoms with Crippen molar-refractivity contribution in [2.24, 2.45) is 5.92 Å². The molecule has 0 atom stereocenters. The predicted octanol–water partition coefficient (Wildman–Crippen LogP) is 5.10. The number of hydrogen-bond acceptors (Lipinski definition) is 5. The second-order valence-electron chi connectivity index (χ2n) is 7.88. The highest BCUT2D eigenvalue weighted by Crippen LogP contribution is 2.28. The number of unbranched alkanes of at least 4 members (excludes halogenated alkanes) is 1. The van der Waals surface area contributed by atoms with Crippen molar-refractivity contribution in [2.45, 2.75) is 46.6 Å². The highest BCUT2D eigenvalue weighted by atomic mass is 32.1. The number of carbonyl (C=O) groups is 1. The van der Waals surface area contributed by atoms with Crippen LogP contribution in [0.5, 0.6) is 17.2 Å². The average molecular weight is 459 g/mol. The van der Waals surface area contributed by atoms with E-state index in [1.807, 2.05) is 24.3 Å². The molecule has 0 radical (unpaired) electrons. The highest BCUT2D eigenvalue weighted by Gasteiger charge is 2.10. The van der Waals surface area contributed by atoms with E-state index in [-0.39, 0.29) is 11.0 Å². The molecule has 0 aromatic heterocycles. The molecule has 0 fully saturated rings. The quantitative estimate of drug-likeness (QED) is 0.341. The van der Waals surface area contributed by atoms with Gasteiger partial charge in [-0.3, -0.25) is 10.1 Å². The van der Waals surface area contributed by atoms with Gasteiger partial charge in [-0.2, -0.15) is 0 Å². The van der Waals surface area contributed by atoms with Crippen molar-refractivity contribution >= 4 is 23.2 Å². The molecule has 7 heteroatoms. The van der Waals surface area contributed by atoms with E-state index in [0.717, 1.165) is 30.6 Å². The van der Waals surface area contributed by atoms with Gasteiger partial charge in [0.2, 0.25) is 0 Å². The molecule has 0 aliphatic heterocycles. The first-order valence-corrected chi connectivity index (χ1v) is 11.5. The first-order valence-electron chi connectivity index (χ1n) is 11.0. The minimum Gasteiger partial charge on any atom is -0.494 e. The molecule has 0 aliphatic carbocycles. The summed E-state index contributed by atoms with van der Waals surface area (Å²) < 4.78 is 16.9. The number of ether oxygens (including phenoxy) is 3. The number of amides is 1. The minimum atomic E-state index is -0.283. The van der Waals surface area contributed by atoms with Gasteiger partial charge < -0.3 is 19.5 Å². The maximum atomic E-state index is 12.5. The summed E-state index contributed by atoms with van der Waals surface area (Å²) in [5.41, 5.74) is 1.45. The van der Waals surface area contributed by atoms with E-state index in [0.29, 0.717) is 42.7 Å². The average Bonchev–Trinajstić information content (AvgIpc) is 2.78. The van der Waals surface area contributed by atoms with Crippen molar-refractivity contribution in [3.63, 3.8) is 0 Å². The number of benzene rings is 2. The molecule has 0 saturated heterocycles. The predicted molar refractivity (Wildman–Crippen MR) is 132 cm³/mol. The van der Waals surface area contributed by atoms with Crippen LogP contribution < -0.4 is 24.8 Å². The smallest absolute Gasteiger partial charge is 0.257 e. The van der Waals surface area contributed by atoms with Gasteiger partial charge in [-0.15, -0.1) is 0 Å². The highest BCUT2D eigenvalue weighted by molar-refractivity contribution is 7.80. The van der Waals surface area contributed by atoms with Crippen molar-refractivity contribution in [3.8, 4) is 17.2 Å². The molecule has 2 rings (SSSR count). The molecule has 0 unspecified atom stereocenters. The number of hydrogen-bond donors (Lipinski definition) is 2. The van der Waals surface area contributed by atoms with Crippen molar-refractivity contribution in [1.29, 1.82) is 0 Å². The molecule has 0 bridgehead atoms. The fourth-order valence-corrected chi connectivity index (χ4v) is 2.97. The largest absolute Gasteiger partial charge is 0.494 e. The van der Waals surface area contributed by atoms with Gasteiger partial charge in [0.1, 0.15) is 5.75 Å². The van der Waals surface area contributed by atoms with Gasteiger partial charge in [0.15, 0.2) is 16.6 Å².